The first-order valence-electron chi connectivity index (χ1n) is 7.04. The van der Waals surface area contributed by atoms with Gasteiger partial charge in [0.1, 0.15) is 11.4 Å². The number of nitrogens with one attached hydrogen (secondary N) is 1. The zero-order chi connectivity index (χ0) is 16.2. The summed E-state index contributed by atoms with van der Waals surface area (Å²) in [6.45, 7) is 7.67. The smallest absolute Gasteiger partial charge is 0.408 e. The van der Waals surface area contributed by atoms with Gasteiger partial charge in [-0.05, 0) is 39.3 Å². The second-order valence-electron chi connectivity index (χ2n) is 5.93. The molecule has 22 heavy (non-hydrogen) atoms. The molecule has 0 atom stereocenters. The summed E-state index contributed by atoms with van der Waals surface area (Å²) in [6, 6.07) is 1.94. The van der Waals surface area contributed by atoms with Crippen molar-refractivity contribution in [1.29, 1.82) is 0 Å². The van der Waals surface area contributed by atoms with E-state index in [0.717, 1.165) is 16.7 Å². The Kier molecular flexibility index (Phi) is 4.70. The van der Waals surface area contributed by atoms with Crippen molar-refractivity contribution < 1.29 is 9.53 Å². The van der Waals surface area contributed by atoms with Gasteiger partial charge in [0.05, 0.1) is 6.54 Å². The second-order valence-corrected chi connectivity index (χ2v) is 5.93. The molecule has 2 aromatic rings. The monoisotopic (exact) mass is 300 g/mol. The van der Waals surface area contributed by atoms with Gasteiger partial charge in [-0.2, -0.15) is 0 Å². The molecule has 2 rings (SSSR count). The minimum atomic E-state index is -0.521. The minimum Gasteiger partial charge on any atom is -0.444 e. The van der Waals surface area contributed by atoms with Crippen molar-refractivity contribution in [1.82, 2.24) is 20.3 Å². The molecule has 0 aromatic carbocycles. The normalized spacial score (nSPS) is 11.1. The van der Waals surface area contributed by atoms with E-state index in [0.29, 0.717) is 5.82 Å². The summed E-state index contributed by atoms with van der Waals surface area (Å²) >= 11 is 0. The summed E-state index contributed by atoms with van der Waals surface area (Å²) in [5, 5.41) is 2.63. The van der Waals surface area contributed by atoms with Gasteiger partial charge in [-0.15, -0.1) is 0 Å². The Morgan fingerprint density at radius 1 is 1.23 bits per heavy atom. The molecule has 1 N–H and O–H groups in total. The van der Waals surface area contributed by atoms with Crippen molar-refractivity contribution in [3.63, 3.8) is 0 Å². The molecule has 0 radical (unpaired) electrons. The summed E-state index contributed by atoms with van der Waals surface area (Å²) in [6.07, 6.45) is 6.50. The molecule has 0 spiro atoms. The molecular formula is C16H20N4O2. The Bertz CT molecular complexity index is 648. The number of aryl methyl sites for hydroxylation is 1. The van der Waals surface area contributed by atoms with Gasteiger partial charge in [0.25, 0.3) is 0 Å². The van der Waals surface area contributed by atoms with Gasteiger partial charge in [0.2, 0.25) is 0 Å². The van der Waals surface area contributed by atoms with E-state index in [1.165, 1.54) is 0 Å². The maximum absolute atomic E-state index is 11.6. The van der Waals surface area contributed by atoms with Crippen LogP contribution < -0.4 is 5.32 Å². The summed E-state index contributed by atoms with van der Waals surface area (Å²) in [5.41, 5.74) is 2.48. The van der Waals surface area contributed by atoms with Crippen LogP contribution >= 0.6 is 0 Å². The Morgan fingerprint density at radius 2 is 1.91 bits per heavy atom. The highest BCUT2D eigenvalue weighted by atomic mass is 16.6. The van der Waals surface area contributed by atoms with Crippen molar-refractivity contribution in [3.05, 3.63) is 42.2 Å². The van der Waals surface area contributed by atoms with Gasteiger partial charge in [-0.1, -0.05) is 0 Å². The molecule has 0 saturated carbocycles. The second kappa shape index (κ2) is 6.51. The summed E-state index contributed by atoms with van der Waals surface area (Å²) in [5.74, 6) is 0.524. The van der Waals surface area contributed by atoms with Gasteiger partial charge < -0.3 is 10.1 Å². The molecule has 116 valence electrons. The molecular weight excluding hydrogens is 280 g/mol. The molecule has 0 aliphatic heterocycles. The zero-order valence-electron chi connectivity index (χ0n) is 13.3. The van der Waals surface area contributed by atoms with Crippen LogP contribution in [-0.2, 0) is 11.3 Å². The number of pyridine rings is 1. The first kappa shape index (κ1) is 15.9. The van der Waals surface area contributed by atoms with Crippen LogP contribution in [0, 0.1) is 6.92 Å². The van der Waals surface area contributed by atoms with E-state index in [9.17, 15) is 4.79 Å². The van der Waals surface area contributed by atoms with E-state index in [1.807, 2.05) is 33.8 Å². The Labute approximate surface area is 130 Å². The predicted molar refractivity (Wildman–Crippen MR) is 83.1 cm³/mol. The highest BCUT2D eigenvalue weighted by Crippen LogP contribution is 2.20. The third kappa shape index (κ3) is 4.51. The minimum absolute atomic E-state index is 0.223. The van der Waals surface area contributed by atoms with Crippen LogP contribution in [0.25, 0.3) is 11.1 Å². The van der Waals surface area contributed by atoms with Gasteiger partial charge >= 0.3 is 6.09 Å². The summed E-state index contributed by atoms with van der Waals surface area (Å²) < 4.78 is 5.15. The van der Waals surface area contributed by atoms with E-state index >= 15 is 0 Å². The standard InChI is InChI=1S/C16H20N4O2/c1-11-5-6-17-9-13(11)12-7-18-14(19-8-12)10-20-15(21)22-16(2,3)4/h5-9H,10H2,1-4H3,(H,20,21). The van der Waals surface area contributed by atoms with Gasteiger partial charge in [-0.3, -0.25) is 4.98 Å². The molecule has 2 heterocycles. The molecule has 0 aliphatic rings. The van der Waals surface area contributed by atoms with Crippen LogP contribution in [0.2, 0.25) is 0 Å². The molecule has 0 fully saturated rings. The number of aromatic nitrogens is 3. The van der Waals surface area contributed by atoms with E-state index in [4.69, 9.17) is 4.74 Å². The lowest BCUT2D eigenvalue weighted by molar-refractivity contribution is 0.0522. The Hall–Kier alpha value is -2.50. The number of hydrogen-bond acceptors (Lipinski definition) is 5. The van der Waals surface area contributed by atoms with Crippen LogP contribution in [0.1, 0.15) is 32.2 Å². The van der Waals surface area contributed by atoms with Crippen molar-refractivity contribution in [2.75, 3.05) is 0 Å². The lowest BCUT2D eigenvalue weighted by Gasteiger charge is -2.19. The third-order valence-electron chi connectivity index (χ3n) is 2.85. The number of rotatable bonds is 3. The first-order chi connectivity index (χ1) is 10.3. The summed E-state index contributed by atoms with van der Waals surface area (Å²) in [4.78, 5) is 24.2. The SMILES string of the molecule is Cc1ccncc1-c1cnc(CNC(=O)OC(C)(C)C)nc1. The molecule has 6 heteroatoms. The van der Waals surface area contributed by atoms with Crippen LogP contribution in [-0.4, -0.2) is 26.6 Å². The largest absolute Gasteiger partial charge is 0.444 e. The Balaban J connectivity index is 1.98. The number of amides is 1. The van der Waals surface area contributed by atoms with Crippen LogP contribution in [0.3, 0.4) is 0 Å². The zero-order valence-corrected chi connectivity index (χ0v) is 13.3. The molecule has 0 bridgehead atoms. The number of ether oxygens (including phenoxy) is 1. The highest BCUT2D eigenvalue weighted by Gasteiger charge is 2.16. The molecule has 0 aliphatic carbocycles. The molecule has 6 nitrogen and oxygen atoms in total. The quantitative estimate of drug-likeness (QED) is 0.943. The molecule has 0 saturated heterocycles. The summed E-state index contributed by atoms with van der Waals surface area (Å²) in [7, 11) is 0. The fourth-order valence-electron chi connectivity index (χ4n) is 1.82. The van der Waals surface area contributed by atoms with E-state index in [-0.39, 0.29) is 6.54 Å². The van der Waals surface area contributed by atoms with Crippen LogP contribution in [0.4, 0.5) is 4.79 Å². The van der Waals surface area contributed by atoms with E-state index < -0.39 is 11.7 Å². The number of carbonyl (C=O) groups excluding carboxylic acids is 1. The fourth-order valence-corrected chi connectivity index (χ4v) is 1.82. The molecule has 0 unspecified atom stereocenters. The van der Waals surface area contributed by atoms with Crippen molar-refractivity contribution in [3.8, 4) is 11.1 Å². The van der Waals surface area contributed by atoms with Gasteiger partial charge in [0, 0.05) is 35.9 Å². The number of hydrogen-bond donors (Lipinski definition) is 1. The third-order valence-corrected chi connectivity index (χ3v) is 2.85. The van der Waals surface area contributed by atoms with Crippen molar-refractivity contribution in [2.24, 2.45) is 0 Å². The van der Waals surface area contributed by atoms with Crippen LogP contribution in [0.5, 0.6) is 0 Å². The Morgan fingerprint density at radius 3 is 2.50 bits per heavy atom. The lowest BCUT2D eigenvalue weighted by atomic mass is 10.1. The van der Waals surface area contributed by atoms with Crippen molar-refractivity contribution >= 4 is 6.09 Å². The maximum Gasteiger partial charge on any atom is 0.408 e. The number of carbonyl (C=O) groups is 1. The first-order valence-corrected chi connectivity index (χ1v) is 7.04. The average Bonchev–Trinajstić information content (AvgIpc) is 2.45. The molecule has 1 amide bonds. The van der Waals surface area contributed by atoms with Gasteiger partial charge in [-0.25, -0.2) is 14.8 Å². The van der Waals surface area contributed by atoms with Crippen molar-refractivity contribution in [2.45, 2.75) is 39.8 Å². The molecule has 2 aromatic heterocycles. The van der Waals surface area contributed by atoms with E-state index in [2.05, 4.69) is 20.3 Å². The predicted octanol–water partition coefficient (Wildman–Crippen LogP) is 2.87. The van der Waals surface area contributed by atoms with E-state index in [1.54, 1.807) is 24.8 Å². The average molecular weight is 300 g/mol. The van der Waals surface area contributed by atoms with Gasteiger partial charge in [0.15, 0.2) is 0 Å². The lowest BCUT2D eigenvalue weighted by Crippen LogP contribution is -2.32. The fraction of sp³-hybridized carbons (Fsp3) is 0.375. The highest BCUT2D eigenvalue weighted by molar-refractivity contribution is 5.67. The number of alkyl carbamates (subject to hydrolysis) is 1. The number of nitrogens with zero attached hydrogens (tertiary/aromatic N) is 3. The topological polar surface area (TPSA) is 77.0 Å². The maximum atomic E-state index is 11.6. The van der Waals surface area contributed by atoms with Crippen LogP contribution in [0.15, 0.2) is 30.9 Å².